The Balaban J connectivity index is 1.78. The second-order valence-electron chi connectivity index (χ2n) is 7.78. The summed E-state index contributed by atoms with van der Waals surface area (Å²) in [5.74, 6) is 0. The molecule has 0 atom stereocenters. The number of amides is 2. The summed E-state index contributed by atoms with van der Waals surface area (Å²) in [5, 5.41) is 10.4. The highest BCUT2D eigenvalue weighted by Gasteiger charge is 2.38. The molecule has 0 bridgehead atoms. The molecule has 1 aromatic rings. The van der Waals surface area contributed by atoms with Gasteiger partial charge in [0.2, 0.25) is 0 Å². The molecule has 3 N–H and O–H groups in total. The van der Waals surface area contributed by atoms with Crippen LogP contribution in [-0.4, -0.2) is 29.7 Å². The minimum atomic E-state index is -0.0921. The molecule has 0 saturated carbocycles. The lowest BCUT2D eigenvalue weighted by Gasteiger charge is -2.46. The Morgan fingerprint density at radius 1 is 1.26 bits per heavy atom. The molecule has 5 heteroatoms. The number of rotatable bonds is 4. The van der Waals surface area contributed by atoms with Gasteiger partial charge in [0, 0.05) is 28.7 Å². The number of carbonyl (C=O) groups excluding carboxylic acids is 1. The van der Waals surface area contributed by atoms with Crippen molar-refractivity contribution in [3.63, 3.8) is 0 Å². The van der Waals surface area contributed by atoms with Gasteiger partial charge in [-0.1, -0.05) is 23.7 Å². The van der Waals surface area contributed by atoms with Gasteiger partial charge < -0.3 is 16.0 Å². The first-order chi connectivity index (χ1) is 10.7. The van der Waals surface area contributed by atoms with E-state index in [9.17, 15) is 4.79 Å². The molecule has 1 heterocycles. The van der Waals surface area contributed by atoms with Crippen molar-refractivity contribution in [2.75, 3.05) is 6.54 Å². The molecule has 4 nitrogen and oxygen atoms in total. The number of carbonyl (C=O) groups is 1. The molecule has 2 amide bonds. The summed E-state index contributed by atoms with van der Waals surface area (Å²) in [6, 6.07) is 7.82. The van der Waals surface area contributed by atoms with Crippen molar-refractivity contribution in [2.45, 2.75) is 64.1 Å². The van der Waals surface area contributed by atoms with Crippen molar-refractivity contribution < 1.29 is 4.79 Å². The van der Waals surface area contributed by atoms with Gasteiger partial charge in [0.15, 0.2) is 0 Å². The van der Waals surface area contributed by atoms with Crippen LogP contribution in [0.2, 0.25) is 5.02 Å². The Morgan fingerprint density at radius 2 is 1.91 bits per heavy atom. The number of nitrogens with one attached hydrogen (secondary N) is 3. The van der Waals surface area contributed by atoms with Crippen LogP contribution in [0.5, 0.6) is 0 Å². The quantitative estimate of drug-likeness (QED) is 0.787. The third-order valence-corrected chi connectivity index (χ3v) is 4.35. The van der Waals surface area contributed by atoms with Crippen LogP contribution in [0.4, 0.5) is 4.79 Å². The topological polar surface area (TPSA) is 53.2 Å². The summed E-state index contributed by atoms with van der Waals surface area (Å²) in [7, 11) is 0. The smallest absolute Gasteiger partial charge is 0.315 e. The van der Waals surface area contributed by atoms with E-state index in [1.54, 1.807) is 0 Å². The monoisotopic (exact) mass is 337 g/mol. The van der Waals surface area contributed by atoms with Crippen molar-refractivity contribution in [1.82, 2.24) is 16.0 Å². The minimum Gasteiger partial charge on any atom is -0.338 e. The highest BCUT2D eigenvalue weighted by atomic mass is 35.5. The standard InChI is InChI=1S/C18H28ClN3O/c1-17(2)11-15(12-18(3,4)22-17)21-16(23)20-9-8-13-6-5-7-14(19)10-13/h5-7,10,15,22H,8-9,11-12H2,1-4H3,(H2,20,21,23). The highest BCUT2D eigenvalue weighted by molar-refractivity contribution is 6.30. The van der Waals surface area contributed by atoms with Crippen LogP contribution in [-0.2, 0) is 6.42 Å². The number of piperidine rings is 1. The molecule has 23 heavy (non-hydrogen) atoms. The maximum absolute atomic E-state index is 12.1. The summed E-state index contributed by atoms with van der Waals surface area (Å²) >= 11 is 5.96. The Labute approximate surface area is 144 Å². The fourth-order valence-electron chi connectivity index (χ4n) is 3.67. The molecule has 1 aliphatic rings. The van der Waals surface area contributed by atoms with Crippen LogP contribution in [0.25, 0.3) is 0 Å². The zero-order valence-corrected chi connectivity index (χ0v) is 15.3. The van der Waals surface area contributed by atoms with Crippen molar-refractivity contribution in [2.24, 2.45) is 0 Å². The normalized spacial score (nSPS) is 20.0. The van der Waals surface area contributed by atoms with E-state index in [1.165, 1.54) is 0 Å². The molecule has 1 saturated heterocycles. The Morgan fingerprint density at radius 3 is 2.52 bits per heavy atom. The molecule has 1 fully saturated rings. The maximum atomic E-state index is 12.1. The summed E-state index contributed by atoms with van der Waals surface area (Å²) in [6.45, 7) is 9.32. The predicted molar refractivity (Wildman–Crippen MR) is 96.0 cm³/mol. The van der Waals surface area contributed by atoms with Crippen molar-refractivity contribution in [3.05, 3.63) is 34.9 Å². The van der Waals surface area contributed by atoms with Crippen LogP contribution in [0, 0.1) is 0 Å². The average molecular weight is 338 g/mol. The van der Waals surface area contributed by atoms with Gasteiger partial charge in [0.05, 0.1) is 0 Å². The zero-order chi connectivity index (χ0) is 17.1. The number of urea groups is 1. The molecular weight excluding hydrogens is 310 g/mol. The lowest BCUT2D eigenvalue weighted by atomic mass is 9.80. The summed E-state index contributed by atoms with van der Waals surface area (Å²) < 4.78 is 0. The second kappa shape index (κ2) is 7.10. The zero-order valence-electron chi connectivity index (χ0n) is 14.5. The molecular formula is C18H28ClN3O. The van der Waals surface area contributed by atoms with Crippen LogP contribution in [0.1, 0.15) is 46.1 Å². The second-order valence-corrected chi connectivity index (χ2v) is 8.21. The van der Waals surface area contributed by atoms with E-state index in [1.807, 2.05) is 24.3 Å². The molecule has 2 rings (SSSR count). The van der Waals surface area contributed by atoms with Gasteiger partial charge in [-0.25, -0.2) is 4.79 Å². The summed E-state index contributed by atoms with van der Waals surface area (Å²) in [5.41, 5.74) is 1.18. The first-order valence-corrected chi connectivity index (χ1v) is 8.61. The van der Waals surface area contributed by atoms with E-state index in [0.29, 0.717) is 6.54 Å². The molecule has 0 unspecified atom stereocenters. The van der Waals surface area contributed by atoms with Crippen LogP contribution < -0.4 is 16.0 Å². The van der Waals surface area contributed by atoms with E-state index in [0.717, 1.165) is 29.8 Å². The van der Waals surface area contributed by atoms with Crippen molar-refractivity contribution >= 4 is 17.6 Å². The Bertz CT molecular complexity index is 541. The van der Waals surface area contributed by atoms with Gasteiger partial charge >= 0.3 is 6.03 Å². The first kappa shape index (κ1) is 18.1. The van der Waals surface area contributed by atoms with E-state index in [-0.39, 0.29) is 23.2 Å². The first-order valence-electron chi connectivity index (χ1n) is 8.23. The lowest BCUT2D eigenvalue weighted by molar-refractivity contribution is 0.147. The van der Waals surface area contributed by atoms with Crippen molar-refractivity contribution in [3.8, 4) is 0 Å². The van der Waals surface area contributed by atoms with Crippen LogP contribution >= 0.6 is 11.6 Å². The lowest BCUT2D eigenvalue weighted by Crippen LogP contribution is -2.62. The van der Waals surface area contributed by atoms with E-state index >= 15 is 0 Å². The van der Waals surface area contributed by atoms with Gasteiger partial charge in [-0.15, -0.1) is 0 Å². The van der Waals surface area contributed by atoms with Gasteiger partial charge in [0.1, 0.15) is 0 Å². The summed E-state index contributed by atoms with van der Waals surface area (Å²) in [4.78, 5) is 12.1. The molecule has 128 valence electrons. The van der Waals surface area contributed by atoms with E-state index < -0.39 is 0 Å². The fraction of sp³-hybridized carbons (Fsp3) is 0.611. The Hall–Kier alpha value is -1.26. The van der Waals surface area contributed by atoms with E-state index in [4.69, 9.17) is 11.6 Å². The third-order valence-electron chi connectivity index (χ3n) is 4.11. The highest BCUT2D eigenvalue weighted by Crippen LogP contribution is 2.28. The van der Waals surface area contributed by atoms with Gasteiger partial charge in [-0.3, -0.25) is 0 Å². The average Bonchev–Trinajstić information content (AvgIpc) is 2.34. The molecule has 0 aromatic heterocycles. The molecule has 1 aliphatic heterocycles. The minimum absolute atomic E-state index is 0.0283. The van der Waals surface area contributed by atoms with Crippen LogP contribution in [0.3, 0.4) is 0 Å². The van der Waals surface area contributed by atoms with Crippen LogP contribution in [0.15, 0.2) is 24.3 Å². The fourth-order valence-corrected chi connectivity index (χ4v) is 3.89. The Kier molecular flexibility index (Phi) is 5.58. The number of halogens is 1. The SMILES string of the molecule is CC1(C)CC(NC(=O)NCCc2cccc(Cl)c2)CC(C)(C)N1. The van der Waals surface area contributed by atoms with Crippen molar-refractivity contribution in [1.29, 1.82) is 0 Å². The number of benzene rings is 1. The number of hydrogen-bond donors (Lipinski definition) is 3. The third kappa shape index (κ3) is 6.04. The largest absolute Gasteiger partial charge is 0.338 e. The molecule has 0 spiro atoms. The van der Waals surface area contributed by atoms with Gasteiger partial charge in [-0.2, -0.15) is 0 Å². The summed E-state index contributed by atoms with van der Waals surface area (Å²) in [6.07, 6.45) is 2.63. The molecule has 1 aromatic carbocycles. The van der Waals surface area contributed by atoms with Gasteiger partial charge in [0.25, 0.3) is 0 Å². The molecule has 0 aliphatic carbocycles. The number of hydrogen-bond acceptors (Lipinski definition) is 2. The maximum Gasteiger partial charge on any atom is 0.315 e. The van der Waals surface area contributed by atoms with E-state index in [2.05, 4.69) is 43.6 Å². The van der Waals surface area contributed by atoms with Gasteiger partial charge in [-0.05, 0) is 64.7 Å². The molecule has 0 radical (unpaired) electrons. The predicted octanol–water partition coefficient (Wildman–Crippen LogP) is 3.49.